The monoisotopic (exact) mass is 494 g/mol. The highest BCUT2D eigenvalue weighted by molar-refractivity contribution is 5.60. The molecule has 192 valence electrons. The van der Waals surface area contributed by atoms with Crippen molar-refractivity contribution in [1.82, 2.24) is 19.9 Å². The van der Waals surface area contributed by atoms with Crippen molar-refractivity contribution < 1.29 is 13.9 Å². The van der Waals surface area contributed by atoms with Gasteiger partial charge >= 0.3 is 0 Å². The van der Waals surface area contributed by atoms with Gasteiger partial charge in [0.25, 0.3) is 0 Å². The first-order valence-electron chi connectivity index (χ1n) is 12.1. The van der Waals surface area contributed by atoms with Crippen molar-refractivity contribution in [3.8, 4) is 11.5 Å². The number of anilines is 3. The van der Waals surface area contributed by atoms with E-state index in [2.05, 4.69) is 65.2 Å². The average Bonchev–Trinajstić information content (AvgIpc) is 2.84. The van der Waals surface area contributed by atoms with Gasteiger partial charge in [0.1, 0.15) is 6.61 Å². The Hall–Kier alpha value is -3.46. The summed E-state index contributed by atoms with van der Waals surface area (Å²) >= 11 is 0. The number of hydrogen-bond acceptors (Lipinski definition) is 8. The number of halogens is 1. The topological polar surface area (TPSA) is 84.4 Å². The summed E-state index contributed by atoms with van der Waals surface area (Å²) in [6.07, 6.45) is 6.37. The molecule has 3 aromatic rings. The van der Waals surface area contributed by atoms with Crippen LogP contribution in [0.15, 0.2) is 48.9 Å². The van der Waals surface area contributed by atoms with Crippen molar-refractivity contribution in [3.63, 3.8) is 0 Å². The van der Waals surface area contributed by atoms with E-state index in [-0.39, 0.29) is 28.9 Å². The number of piperidine rings is 1. The first-order valence-corrected chi connectivity index (χ1v) is 12.1. The Bertz CT molecular complexity index is 1170. The molecular weight excluding hydrogens is 459 g/mol. The number of benzene rings is 1. The van der Waals surface area contributed by atoms with Crippen LogP contribution in [0.2, 0.25) is 0 Å². The van der Waals surface area contributed by atoms with Crippen LogP contribution < -0.4 is 20.1 Å². The summed E-state index contributed by atoms with van der Waals surface area (Å²) in [4.78, 5) is 15.0. The van der Waals surface area contributed by atoms with Crippen molar-refractivity contribution in [2.45, 2.75) is 64.3 Å². The summed E-state index contributed by atoms with van der Waals surface area (Å²) in [5.74, 6) is 1.16. The van der Waals surface area contributed by atoms with Gasteiger partial charge in [0.15, 0.2) is 23.1 Å². The van der Waals surface area contributed by atoms with E-state index in [9.17, 15) is 4.39 Å². The van der Waals surface area contributed by atoms with Crippen LogP contribution in [0.4, 0.5) is 21.8 Å². The molecule has 1 fully saturated rings. The van der Waals surface area contributed by atoms with Crippen LogP contribution >= 0.6 is 0 Å². The fourth-order valence-corrected chi connectivity index (χ4v) is 4.83. The SMILES string of the molecule is COc1ccc(Nc2ncc(F)c(NC3CC(C)(C)N(C)C(C)(C)C3)n2)cc1OCc1ccncc1. The number of pyridine rings is 1. The third kappa shape index (κ3) is 5.84. The maximum atomic E-state index is 14.7. The fourth-order valence-electron chi connectivity index (χ4n) is 4.83. The smallest absolute Gasteiger partial charge is 0.229 e. The molecule has 9 heteroatoms. The predicted molar refractivity (Wildman–Crippen MR) is 139 cm³/mol. The van der Waals surface area contributed by atoms with Gasteiger partial charge in [-0.25, -0.2) is 9.37 Å². The summed E-state index contributed by atoms with van der Waals surface area (Å²) in [5.41, 5.74) is 1.63. The second-order valence-electron chi connectivity index (χ2n) is 10.5. The zero-order chi connectivity index (χ0) is 25.9. The van der Waals surface area contributed by atoms with E-state index in [1.807, 2.05) is 24.3 Å². The molecule has 0 unspecified atom stereocenters. The van der Waals surface area contributed by atoms with Crippen LogP contribution in [0.1, 0.15) is 46.1 Å². The lowest BCUT2D eigenvalue weighted by molar-refractivity contribution is -0.00778. The molecule has 3 heterocycles. The Morgan fingerprint density at radius 1 is 1.06 bits per heavy atom. The number of methoxy groups -OCH3 is 1. The standard InChI is InChI=1S/C27H35FN6O2/c1-26(2)14-20(15-27(3,4)34(26)5)31-24-21(28)16-30-25(33-24)32-19-7-8-22(35-6)23(13-19)36-17-18-9-11-29-12-10-18/h7-13,16,20H,14-15,17H2,1-6H3,(H2,30,31,32,33). The minimum absolute atomic E-state index is 0.0280. The molecule has 36 heavy (non-hydrogen) atoms. The number of likely N-dealkylation sites (tertiary alicyclic amines) is 1. The fraction of sp³-hybridized carbons (Fsp3) is 0.444. The van der Waals surface area contributed by atoms with Gasteiger partial charge in [-0.1, -0.05) is 0 Å². The number of rotatable bonds is 8. The molecule has 1 aromatic carbocycles. The van der Waals surface area contributed by atoms with E-state index in [1.54, 1.807) is 25.6 Å². The average molecular weight is 495 g/mol. The Balaban J connectivity index is 1.49. The highest BCUT2D eigenvalue weighted by Gasteiger charge is 2.43. The largest absolute Gasteiger partial charge is 0.493 e. The lowest BCUT2D eigenvalue weighted by atomic mass is 9.77. The van der Waals surface area contributed by atoms with E-state index in [4.69, 9.17) is 9.47 Å². The third-order valence-electron chi connectivity index (χ3n) is 6.96. The van der Waals surface area contributed by atoms with Gasteiger partial charge in [0, 0.05) is 41.3 Å². The summed E-state index contributed by atoms with van der Waals surface area (Å²) in [6, 6.07) is 9.30. The van der Waals surface area contributed by atoms with E-state index >= 15 is 0 Å². The van der Waals surface area contributed by atoms with Gasteiger partial charge < -0.3 is 20.1 Å². The number of aromatic nitrogens is 3. The Morgan fingerprint density at radius 2 is 1.75 bits per heavy atom. The maximum absolute atomic E-state index is 14.7. The van der Waals surface area contributed by atoms with Crippen LogP contribution in [-0.4, -0.2) is 51.1 Å². The molecule has 0 aliphatic carbocycles. The van der Waals surface area contributed by atoms with Gasteiger partial charge in [-0.3, -0.25) is 9.88 Å². The number of nitrogens with one attached hydrogen (secondary N) is 2. The van der Waals surface area contributed by atoms with E-state index < -0.39 is 5.82 Å². The van der Waals surface area contributed by atoms with Crippen molar-refractivity contribution in [1.29, 1.82) is 0 Å². The van der Waals surface area contributed by atoms with E-state index in [0.717, 1.165) is 18.4 Å². The van der Waals surface area contributed by atoms with Crippen molar-refractivity contribution >= 4 is 17.5 Å². The summed E-state index contributed by atoms with van der Waals surface area (Å²) in [5, 5.41) is 6.49. The third-order valence-corrected chi connectivity index (χ3v) is 6.96. The highest BCUT2D eigenvalue weighted by Crippen LogP contribution is 2.38. The Kier molecular flexibility index (Phi) is 7.31. The molecule has 0 saturated carbocycles. The van der Waals surface area contributed by atoms with Crippen LogP contribution in [0.25, 0.3) is 0 Å². The van der Waals surface area contributed by atoms with Crippen LogP contribution in [-0.2, 0) is 6.61 Å². The first kappa shape index (κ1) is 25.6. The van der Waals surface area contributed by atoms with Crippen LogP contribution in [0.3, 0.4) is 0 Å². The molecule has 1 saturated heterocycles. The first-order chi connectivity index (χ1) is 17.1. The molecule has 4 rings (SSSR count). The van der Waals surface area contributed by atoms with Gasteiger partial charge in [-0.15, -0.1) is 0 Å². The molecule has 8 nitrogen and oxygen atoms in total. The molecule has 1 aliphatic heterocycles. The highest BCUT2D eigenvalue weighted by atomic mass is 19.1. The number of hydrogen-bond donors (Lipinski definition) is 2. The maximum Gasteiger partial charge on any atom is 0.229 e. The van der Waals surface area contributed by atoms with Gasteiger partial charge in [-0.2, -0.15) is 4.98 Å². The van der Waals surface area contributed by atoms with Crippen molar-refractivity contribution in [3.05, 3.63) is 60.3 Å². The molecule has 0 bridgehead atoms. The quantitative estimate of drug-likeness (QED) is 0.430. The van der Waals surface area contributed by atoms with Crippen molar-refractivity contribution in [2.24, 2.45) is 0 Å². The van der Waals surface area contributed by atoms with Crippen LogP contribution in [0.5, 0.6) is 11.5 Å². The zero-order valence-electron chi connectivity index (χ0n) is 21.8. The molecule has 0 spiro atoms. The van der Waals surface area contributed by atoms with Crippen molar-refractivity contribution in [2.75, 3.05) is 24.8 Å². The minimum Gasteiger partial charge on any atom is -0.493 e. The molecule has 2 aromatic heterocycles. The molecule has 2 N–H and O–H groups in total. The van der Waals surface area contributed by atoms with Crippen LogP contribution in [0, 0.1) is 5.82 Å². The zero-order valence-corrected chi connectivity index (χ0v) is 21.8. The number of ether oxygens (including phenoxy) is 2. The normalized spacial score (nSPS) is 17.4. The summed E-state index contributed by atoms with van der Waals surface area (Å²) in [7, 11) is 3.74. The Labute approximate surface area is 212 Å². The lowest BCUT2D eigenvalue weighted by Gasteiger charge is -2.53. The molecule has 1 aliphatic rings. The molecule has 0 radical (unpaired) electrons. The second kappa shape index (κ2) is 10.3. The minimum atomic E-state index is -0.480. The molecular formula is C27H35FN6O2. The van der Waals surface area contributed by atoms with E-state index in [1.165, 1.54) is 6.20 Å². The summed E-state index contributed by atoms with van der Waals surface area (Å²) < 4.78 is 26.1. The second-order valence-corrected chi connectivity index (χ2v) is 10.5. The Morgan fingerprint density at radius 3 is 2.42 bits per heavy atom. The predicted octanol–water partition coefficient (Wildman–Crippen LogP) is 5.41. The van der Waals surface area contributed by atoms with Gasteiger partial charge in [0.2, 0.25) is 5.95 Å². The summed E-state index contributed by atoms with van der Waals surface area (Å²) in [6.45, 7) is 9.22. The number of nitrogens with zero attached hydrogens (tertiary/aromatic N) is 4. The van der Waals surface area contributed by atoms with E-state index in [0.29, 0.717) is 23.8 Å². The molecule has 0 atom stereocenters. The lowest BCUT2D eigenvalue weighted by Crippen LogP contribution is -2.61. The van der Waals surface area contributed by atoms with Gasteiger partial charge in [0.05, 0.1) is 13.3 Å². The van der Waals surface area contributed by atoms with Gasteiger partial charge in [-0.05, 0) is 77.4 Å². The molecule has 0 amide bonds.